The lowest BCUT2D eigenvalue weighted by Crippen LogP contribution is -2.42. The minimum atomic E-state index is -0.0961. The van der Waals surface area contributed by atoms with E-state index in [0.29, 0.717) is 12.0 Å². The van der Waals surface area contributed by atoms with Crippen molar-refractivity contribution >= 4 is 0 Å². The SMILES string of the molecule is Cn1cc(CN2CCCC2C2CCCCC2O)nn1. The predicted molar refractivity (Wildman–Crippen MR) is 72.4 cm³/mol. The average molecular weight is 264 g/mol. The van der Waals surface area contributed by atoms with Gasteiger partial charge in [0.2, 0.25) is 0 Å². The van der Waals surface area contributed by atoms with Gasteiger partial charge in [-0.1, -0.05) is 18.1 Å². The summed E-state index contributed by atoms with van der Waals surface area (Å²) in [5.41, 5.74) is 1.04. The third-order valence-electron chi connectivity index (χ3n) is 4.71. The van der Waals surface area contributed by atoms with Gasteiger partial charge in [-0.2, -0.15) is 0 Å². The summed E-state index contributed by atoms with van der Waals surface area (Å²) in [5.74, 6) is 0.466. The fourth-order valence-electron chi connectivity index (χ4n) is 3.80. The van der Waals surface area contributed by atoms with Gasteiger partial charge in [0.15, 0.2) is 0 Å². The molecule has 5 heteroatoms. The molecule has 0 amide bonds. The minimum absolute atomic E-state index is 0.0961. The number of nitrogens with zero attached hydrogens (tertiary/aromatic N) is 4. The van der Waals surface area contributed by atoms with Crippen LogP contribution in [0.2, 0.25) is 0 Å². The lowest BCUT2D eigenvalue weighted by atomic mass is 9.80. The van der Waals surface area contributed by atoms with Gasteiger partial charge in [0.1, 0.15) is 0 Å². The van der Waals surface area contributed by atoms with Crippen LogP contribution in [0.3, 0.4) is 0 Å². The molecule has 1 aliphatic carbocycles. The first kappa shape index (κ1) is 13.1. The number of hydrogen-bond donors (Lipinski definition) is 1. The van der Waals surface area contributed by atoms with Gasteiger partial charge < -0.3 is 5.11 Å². The molecule has 2 heterocycles. The van der Waals surface area contributed by atoms with Crippen molar-refractivity contribution in [3.05, 3.63) is 11.9 Å². The van der Waals surface area contributed by atoms with Crippen molar-refractivity contribution in [3.8, 4) is 0 Å². The van der Waals surface area contributed by atoms with Crippen molar-refractivity contribution < 1.29 is 5.11 Å². The second kappa shape index (κ2) is 5.59. The third-order valence-corrected chi connectivity index (χ3v) is 4.71. The van der Waals surface area contributed by atoms with Gasteiger partial charge in [0, 0.05) is 31.7 Å². The Morgan fingerprint density at radius 2 is 2.11 bits per heavy atom. The zero-order valence-electron chi connectivity index (χ0n) is 11.7. The Morgan fingerprint density at radius 1 is 1.26 bits per heavy atom. The molecule has 2 aliphatic rings. The zero-order valence-corrected chi connectivity index (χ0v) is 11.7. The van der Waals surface area contributed by atoms with Crippen LogP contribution in [0.1, 0.15) is 44.2 Å². The highest BCUT2D eigenvalue weighted by molar-refractivity contribution is 4.97. The van der Waals surface area contributed by atoms with E-state index in [1.54, 1.807) is 4.68 Å². The molecule has 2 fully saturated rings. The number of rotatable bonds is 3. The summed E-state index contributed by atoms with van der Waals surface area (Å²) in [5, 5.41) is 18.4. The highest BCUT2D eigenvalue weighted by Gasteiger charge is 2.36. The van der Waals surface area contributed by atoms with Crippen molar-refractivity contribution in [1.29, 1.82) is 0 Å². The van der Waals surface area contributed by atoms with E-state index in [4.69, 9.17) is 0 Å². The van der Waals surface area contributed by atoms with Gasteiger partial charge in [-0.15, -0.1) is 5.10 Å². The quantitative estimate of drug-likeness (QED) is 0.895. The Hall–Kier alpha value is -0.940. The fourth-order valence-corrected chi connectivity index (χ4v) is 3.80. The first-order valence-electron chi connectivity index (χ1n) is 7.51. The first-order chi connectivity index (χ1) is 9.24. The normalized spacial score (nSPS) is 32.8. The summed E-state index contributed by atoms with van der Waals surface area (Å²) in [6.45, 7) is 2.01. The van der Waals surface area contributed by atoms with E-state index in [1.807, 2.05) is 13.2 Å². The summed E-state index contributed by atoms with van der Waals surface area (Å²) in [4.78, 5) is 2.50. The van der Waals surface area contributed by atoms with Gasteiger partial charge in [-0.05, 0) is 32.2 Å². The lowest BCUT2D eigenvalue weighted by molar-refractivity contribution is 0.0199. The molecule has 0 radical (unpaired) electrons. The standard InChI is InChI=1S/C14H24N4O/c1-17-9-11(15-16-17)10-18-8-4-6-13(18)12-5-2-3-7-14(12)19/h9,12-14,19H,2-8,10H2,1H3. The van der Waals surface area contributed by atoms with Gasteiger partial charge >= 0.3 is 0 Å². The van der Waals surface area contributed by atoms with E-state index < -0.39 is 0 Å². The Balaban J connectivity index is 1.67. The van der Waals surface area contributed by atoms with Gasteiger partial charge in [0.05, 0.1) is 11.8 Å². The van der Waals surface area contributed by atoms with Crippen molar-refractivity contribution in [2.45, 2.75) is 57.2 Å². The Labute approximate surface area is 114 Å². The molecule has 1 aliphatic heterocycles. The van der Waals surface area contributed by atoms with Gasteiger partial charge in [-0.3, -0.25) is 9.58 Å². The van der Waals surface area contributed by atoms with Crippen LogP contribution < -0.4 is 0 Å². The van der Waals surface area contributed by atoms with Crippen LogP contribution in [-0.2, 0) is 13.6 Å². The van der Waals surface area contributed by atoms with Crippen LogP contribution in [-0.4, -0.2) is 43.7 Å². The minimum Gasteiger partial charge on any atom is -0.393 e. The summed E-state index contributed by atoms with van der Waals surface area (Å²) < 4.78 is 1.76. The molecule has 1 saturated carbocycles. The van der Waals surface area contributed by atoms with Crippen molar-refractivity contribution in [3.63, 3.8) is 0 Å². The first-order valence-corrected chi connectivity index (χ1v) is 7.51. The van der Waals surface area contributed by atoms with Crippen LogP contribution >= 0.6 is 0 Å². The summed E-state index contributed by atoms with van der Waals surface area (Å²) >= 11 is 0. The largest absolute Gasteiger partial charge is 0.393 e. The third kappa shape index (κ3) is 2.82. The summed E-state index contributed by atoms with van der Waals surface area (Å²) in [7, 11) is 1.91. The monoisotopic (exact) mass is 264 g/mol. The number of hydrogen-bond acceptors (Lipinski definition) is 4. The molecule has 5 nitrogen and oxygen atoms in total. The molecular formula is C14H24N4O. The number of aliphatic hydroxyl groups is 1. The molecule has 3 rings (SSSR count). The van der Waals surface area contributed by atoms with Crippen LogP contribution in [0, 0.1) is 5.92 Å². The number of aryl methyl sites for hydroxylation is 1. The van der Waals surface area contributed by atoms with Crippen molar-refractivity contribution in [2.75, 3.05) is 6.54 Å². The van der Waals surface area contributed by atoms with Crippen LogP contribution in [0.25, 0.3) is 0 Å². The molecule has 106 valence electrons. The highest BCUT2D eigenvalue weighted by atomic mass is 16.3. The Bertz CT molecular complexity index is 419. The maximum atomic E-state index is 10.3. The molecule has 1 aromatic heterocycles. The predicted octanol–water partition coefficient (Wildman–Crippen LogP) is 1.33. The average Bonchev–Trinajstić information content (AvgIpc) is 3.00. The van der Waals surface area contributed by atoms with Crippen molar-refractivity contribution in [2.24, 2.45) is 13.0 Å². The zero-order chi connectivity index (χ0) is 13.2. The van der Waals surface area contributed by atoms with E-state index in [2.05, 4.69) is 15.2 Å². The van der Waals surface area contributed by atoms with E-state index in [0.717, 1.165) is 25.2 Å². The summed E-state index contributed by atoms with van der Waals surface area (Å²) in [6, 6.07) is 0.539. The van der Waals surface area contributed by atoms with Crippen molar-refractivity contribution in [1.82, 2.24) is 19.9 Å². The molecule has 0 bridgehead atoms. The second-order valence-corrected chi connectivity index (χ2v) is 6.08. The Kier molecular flexibility index (Phi) is 3.84. The lowest BCUT2D eigenvalue weighted by Gasteiger charge is -2.37. The molecule has 3 atom stereocenters. The van der Waals surface area contributed by atoms with Crippen LogP contribution in [0.4, 0.5) is 0 Å². The fraction of sp³-hybridized carbons (Fsp3) is 0.857. The smallest absolute Gasteiger partial charge is 0.0967 e. The van der Waals surface area contributed by atoms with E-state index in [9.17, 15) is 5.11 Å². The molecule has 1 N–H and O–H groups in total. The van der Waals surface area contributed by atoms with Crippen LogP contribution in [0.15, 0.2) is 6.20 Å². The molecule has 0 aromatic carbocycles. The molecule has 3 unspecified atom stereocenters. The van der Waals surface area contributed by atoms with Gasteiger partial charge in [0.25, 0.3) is 0 Å². The van der Waals surface area contributed by atoms with E-state index in [-0.39, 0.29) is 6.10 Å². The maximum absolute atomic E-state index is 10.3. The number of aliphatic hydroxyl groups excluding tert-OH is 1. The number of aromatic nitrogens is 3. The highest BCUT2D eigenvalue weighted by Crippen LogP contribution is 2.35. The summed E-state index contributed by atoms with van der Waals surface area (Å²) in [6.07, 6.45) is 9.00. The Morgan fingerprint density at radius 3 is 2.84 bits per heavy atom. The van der Waals surface area contributed by atoms with Crippen LogP contribution in [0.5, 0.6) is 0 Å². The topological polar surface area (TPSA) is 54.2 Å². The molecular weight excluding hydrogens is 240 g/mol. The maximum Gasteiger partial charge on any atom is 0.0967 e. The molecule has 19 heavy (non-hydrogen) atoms. The molecule has 1 saturated heterocycles. The molecule has 1 aromatic rings. The van der Waals surface area contributed by atoms with E-state index >= 15 is 0 Å². The second-order valence-electron chi connectivity index (χ2n) is 6.08. The number of likely N-dealkylation sites (tertiary alicyclic amines) is 1. The van der Waals surface area contributed by atoms with E-state index in [1.165, 1.54) is 32.1 Å². The van der Waals surface area contributed by atoms with Gasteiger partial charge in [-0.25, -0.2) is 0 Å². The molecule has 0 spiro atoms.